The summed E-state index contributed by atoms with van der Waals surface area (Å²) in [4.78, 5) is 0. The average molecular weight is 240 g/mol. The normalized spacial score (nSPS) is 22.2. The summed E-state index contributed by atoms with van der Waals surface area (Å²) in [6.45, 7) is 4.81. The third-order valence-electron chi connectivity index (χ3n) is 2.39. The van der Waals surface area contributed by atoms with Gasteiger partial charge in [0.15, 0.2) is 0 Å². The minimum Gasteiger partial charge on any atom is -0.374 e. The fraction of sp³-hybridized carbons (Fsp3) is 0.364. The molecule has 1 aliphatic heterocycles. The molecule has 0 amide bonds. The van der Waals surface area contributed by atoms with Gasteiger partial charge >= 0.3 is 0 Å². The van der Waals surface area contributed by atoms with Crippen LogP contribution in [0.15, 0.2) is 22.7 Å². The Morgan fingerprint density at radius 2 is 2.31 bits per heavy atom. The van der Waals surface area contributed by atoms with Gasteiger partial charge < -0.3 is 4.74 Å². The molecule has 0 spiro atoms. The summed E-state index contributed by atoms with van der Waals surface area (Å²) in [5.74, 6) is 0. The smallest absolute Gasteiger partial charge is 0.0829 e. The van der Waals surface area contributed by atoms with Gasteiger partial charge in [0.1, 0.15) is 0 Å². The first-order chi connectivity index (χ1) is 6.29. The molecular weight excluding hydrogens is 228 g/mol. The highest BCUT2D eigenvalue weighted by molar-refractivity contribution is 9.10. The zero-order valence-electron chi connectivity index (χ0n) is 7.42. The molecule has 0 aromatic heterocycles. The number of rotatable bonds is 0. The molecule has 1 radical (unpaired) electrons. The highest BCUT2D eigenvalue weighted by Gasteiger charge is 2.16. The number of hydrogen-bond donors (Lipinski definition) is 0. The van der Waals surface area contributed by atoms with Crippen molar-refractivity contribution in [3.8, 4) is 0 Å². The topological polar surface area (TPSA) is 9.23 Å². The van der Waals surface area contributed by atoms with E-state index in [2.05, 4.69) is 35.0 Å². The van der Waals surface area contributed by atoms with E-state index in [1.165, 1.54) is 15.6 Å². The lowest BCUT2D eigenvalue weighted by Gasteiger charge is -2.13. The predicted octanol–water partition coefficient (Wildman–Crippen LogP) is 3.29. The van der Waals surface area contributed by atoms with Crippen molar-refractivity contribution in [2.45, 2.75) is 18.9 Å². The van der Waals surface area contributed by atoms with E-state index in [9.17, 15) is 0 Å². The molecule has 69 valence electrons. The minimum absolute atomic E-state index is 0.00463. The van der Waals surface area contributed by atoms with Crippen molar-refractivity contribution in [2.24, 2.45) is 0 Å². The van der Waals surface area contributed by atoms with Crippen molar-refractivity contribution in [3.63, 3.8) is 0 Å². The molecule has 0 N–H and O–H groups in total. The zero-order valence-corrected chi connectivity index (χ0v) is 9.01. The Hall–Kier alpha value is -0.340. The van der Waals surface area contributed by atoms with E-state index in [0.717, 1.165) is 19.4 Å². The van der Waals surface area contributed by atoms with Gasteiger partial charge in [0.05, 0.1) is 6.10 Å². The van der Waals surface area contributed by atoms with Crippen molar-refractivity contribution in [1.29, 1.82) is 0 Å². The first kappa shape index (κ1) is 9.22. The van der Waals surface area contributed by atoms with Crippen LogP contribution >= 0.6 is 15.9 Å². The largest absolute Gasteiger partial charge is 0.374 e. The van der Waals surface area contributed by atoms with Gasteiger partial charge in [-0.3, -0.25) is 0 Å². The second-order valence-corrected chi connectivity index (χ2v) is 4.12. The highest BCUT2D eigenvalue weighted by atomic mass is 79.9. The highest BCUT2D eigenvalue weighted by Crippen LogP contribution is 2.30. The first-order valence-electron chi connectivity index (χ1n) is 4.51. The van der Waals surface area contributed by atoms with E-state index in [1.807, 2.05) is 6.07 Å². The van der Waals surface area contributed by atoms with Crippen LogP contribution in [0.4, 0.5) is 0 Å². The molecule has 0 fully saturated rings. The van der Waals surface area contributed by atoms with Crippen molar-refractivity contribution in [1.82, 2.24) is 0 Å². The Morgan fingerprint density at radius 1 is 1.46 bits per heavy atom. The van der Waals surface area contributed by atoms with Crippen LogP contribution < -0.4 is 0 Å². The second kappa shape index (κ2) is 3.81. The lowest BCUT2D eigenvalue weighted by atomic mass is 10.0. The van der Waals surface area contributed by atoms with Gasteiger partial charge in [0, 0.05) is 11.1 Å². The van der Waals surface area contributed by atoms with Crippen molar-refractivity contribution in [3.05, 3.63) is 40.7 Å². The molecule has 1 aliphatic rings. The van der Waals surface area contributed by atoms with Crippen LogP contribution in [-0.2, 0) is 11.2 Å². The van der Waals surface area contributed by atoms with Gasteiger partial charge in [-0.05, 0) is 37.0 Å². The number of fused-ring (bicyclic) bond motifs is 1. The van der Waals surface area contributed by atoms with E-state index in [1.54, 1.807) is 0 Å². The van der Waals surface area contributed by atoms with Crippen molar-refractivity contribution < 1.29 is 4.74 Å². The van der Waals surface area contributed by atoms with E-state index in [-0.39, 0.29) is 6.10 Å². The van der Waals surface area contributed by atoms with Crippen LogP contribution in [0, 0.1) is 6.92 Å². The van der Waals surface area contributed by atoms with E-state index in [0.29, 0.717) is 0 Å². The summed E-state index contributed by atoms with van der Waals surface area (Å²) in [5, 5.41) is 0. The Labute approximate surface area is 87.2 Å². The molecule has 0 bridgehead atoms. The maximum Gasteiger partial charge on any atom is 0.0829 e. The Balaban J connectivity index is 2.47. The first-order valence-corrected chi connectivity index (χ1v) is 5.30. The molecule has 1 atom stereocenters. The molecular formula is C11H12BrO. The third kappa shape index (κ3) is 1.79. The summed E-state index contributed by atoms with van der Waals surface area (Å²) in [6.07, 6.45) is 2.17. The average Bonchev–Trinajstić information content (AvgIpc) is 2.30. The second-order valence-electron chi connectivity index (χ2n) is 3.27. The van der Waals surface area contributed by atoms with Gasteiger partial charge in [0.25, 0.3) is 0 Å². The van der Waals surface area contributed by atoms with E-state index < -0.39 is 0 Å². The SMILES string of the molecule is [CH2]C1OCCCc2c(Br)cccc21. The molecule has 1 heterocycles. The fourth-order valence-corrected chi connectivity index (χ4v) is 2.28. The molecule has 0 aliphatic carbocycles. The van der Waals surface area contributed by atoms with Gasteiger partial charge in [0.2, 0.25) is 0 Å². The number of halogens is 1. The number of benzene rings is 1. The summed E-state index contributed by atoms with van der Waals surface area (Å²) in [7, 11) is 0. The Kier molecular flexibility index (Phi) is 2.70. The molecule has 0 saturated carbocycles. The van der Waals surface area contributed by atoms with Gasteiger partial charge in [-0.1, -0.05) is 28.1 Å². The maximum atomic E-state index is 5.55. The monoisotopic (exact) mass is 239 g/mol. The van der Waals surface area contributed by atoms with Gasteiger partial charge in [-0.15, -0.1) is 0 Å². The van der Waals surface area contributed by atoms with Crippen LogP contribution in [0.1, 0.15) is 23.7 Å². The van der Waals surface area contributed by atoms with Crippen LogP contribution in [-0.4, -0.2) is 6.61 Å². The number of ether oxygens (including phenoxy) is 1. The van der Waals surface area contributed by atoms with Gasteiger partial charge in [-0.25, -0.2) is 0 Å². The summed E-state index contributed by atoms with van der Waals surface area (Å²) in [6, 6.07) is 6.22. The Morgan fingerprint density at radius 3 is 3.15 bits per heavy atom. The lowest BCUT2D eigenvalue weighted by Crippen LogP contribution is -1.99. The third-order valence-corrected chi connectivity index (χ3v) is 3.14. The van der Waals surface area contributed by atoms with Crippen LogP contribution in [0.2, 0.25) is 0 Å². The molecule has 1 nitrogen and oxygen atoms in total. The van der Waals surface area contributed by atoms with Crippen LogP contribution in [0.3, 0.4) is 0 Å². The molecule has 2 heteroatoms. The van der Waals surface area contributed by atoms with Crippen LogP contribution in [0.25, 0.3) is 0 Å². The van der Waals surface area contributed by atoms with Crippen molar-refractivity contribution >= 4 is 15.9 Å². The van der Waals surface area contributed by atoms with Crippen LogP contribution in [0.5, 0.6) is 0 Å². The molecule has 1 unspecified atom stereocenters. The summed E-state index contributed by atoms with van der Waals surface area (Å²) < 4.78 is 6.74. The van der Waals surface area contributed by atoms with E-state index >= 15 is 0 Å². The predicted molar refractivity (Wildman–Crippen MR) is 56.5 cm³/mol. The minimum atomic E-state index is -0.00463. The summed E-state index contributed by atoms with van der Waals surface area (Å²) >= 11 is 3.56. The summed E-state index contributed by atoms with van der Waals surface area (Å²) in [5.41, 5.74) is 2.59. The molecule has 13 heavy (non-hydrogen) atoms. The number of hydrogen-bond acceptors (Lipinski definition) is 1. The molecule has 1 aromatic carbocycles. The van der Waals surface area contributed by atoms with E-state index in [4.69, 9.17) is 4.74 Å². The quantitative estimate of drug-likeness (QED) is 0.676. The Bertz CT molecular complexity index is 309. The fourth-order valence-electron chi connectivity index (χ4n) is 1.71. The van der Waals surface area contributed by atoms with Crippen molar-refractivity contribution in [2.75, 3.05) is 6.61 Å². The molecule has 1 aromatic rings. The lowest BCUT2D eigenvalue weighted by molar-refractivity contribution is 0.0875. The zero-order chi connectivity index (χ0) is 9.26. The molecule has 0 saturated heterocycles. The van der Waals surface area contributed by atoms with Gasteiger partial charge in [-0.2, -0.15) is 0 Å². The standard InChI is InChI=1S/C11H12BrO/c1-8-9-4-2-6-11(12)10(9)5-3-7-13-8/h2,4,6,8H,1,3,5,7H2. The maximum absolute atomic E-state index is 5.55. The molecule has 2 rings (SSSR count).